The van der Waals surface area contributed by atoms with Crippen molar-refractivity contribution in [3.63, 3.8) is 0 Å². The third kappa shape index (κ3) is 5.80. The number of rotatable bonds is 7. The van der Waals surface area contributed by atoms with Crippen LogP contribution in [-0.2, 0) is 11.2 Å². The Kier molecular flexibility index (Phi) is 8.13. The molecule has 1 saturated heterocycles. The molecular weight excluding hydrogens is 479 g/mol. The molecule has 0 radical (unpaired) electrons. The minimum Gasteiger partial charge on any atom is -0.497 e. The number of halogens is 2. The highest BCUT2D eigenvalue weighted by Gasteiger charge is 2.40. The van der Waals surface area contributed by atoms with E-state index in [-0.39, 0.29) is 5.82 Å². The quantitative estimate of drug-likeness (QED) is 0.403. The number of nitrogens with zero attached hydrogens (tertiary/aromatic N) is 2. The van der Waals surface area contributed by atoms with Crippen molar-refractivity contribution in [2.45, 2.75) is 39.0 Å². The number of methoxy groups -OCH3 is 1. The summed E-state index contributed by atoms with van der Waals surface area (Å²) >= 11 is 6.49. The molecule has 7 heteroatoms. The van der Waals surface area contributed by atoms with Gasteiger partial charge in [0.05, 0.1) is 29.6 Å². The second kappa shape index (κ2) is 11.3. The molecule has 36 heavy (non-hydrogen) atoms. The van der Waals surface area contributed by atoms with Crippen molar-refractivity contribution in [2.24, 2.45) is 5.41 Å². The summed E-state index contributed by atoms with van der Waals surface area (Å²) in [6, 6.07) is 10.7. The third-order valence-corrected chi connectivity index (χ3v) is 7.52. The number of fused-ring (bicyclic) bond motifs is 1. The van der Waals surface area contributed by atoms with Gasteiger partial charge in [-0.2, -0.15) is 0 Å². The summed E-state index contributed by atoms with van der Waals surface area (Å²) in [6.45, 7) is 3.59. The van der Waals surface area contributed by atoms with Crippen LogP contribution in [0.3, 0.4) is 0 Å². The van der Waals surface area contributed by atoms with Crippen LogP contribution >= 0.6 is 11.6 Å². The number of benzene rings is 2. The van der Waals surface area contributed by atoms with Gasteiger partial charge in [-0.1, -0.05) is 29.5 Å². The van der Waals surface area contributed by atoms with E-state index in [2.05, 4.69) is 21.7 Å². The van der Waals surface area contributed by atoms with Crippen molar-refractivity contribution in [3.8, 4) is 17.6 Å². The van der Waals surface area contributed by atoms with Crippen LogP contribution in [0.2, 0.25) is 5.02 Å². The molecule has 2 heterocycles. The predicted octanol–water partition coefficient (Wildman–Crippen LogP) is 5.89. The van der Waals surface area contributed by atoms with Gasteiger partial charge in [-0.05, 0) is 80.5 Å². The van der Waals surface area contributed by atoms with Crippen LogP contribution in [0.4, 0.5) is 4.39 Å². The van der Waals surface area contributed by atoms with Gasteiger partial charge in [0.25, 0.3) is 0 Å². The molecule has 0 unspecified atom stereocenters. The van der Waals surface area contributed by atoms with Crippen LogP contribution in [0.1, 0.15) is 42.4 Å². The molecule has 1 N–H and O–H groups in total. The Bertz CT molecular complexity index is 1320. The molecule has 0 aliphatic carbocycles. The third-order valence-electron chi connectivity index (χ3n) is 7.19. The van der Waals surface area contributed by atoms with Crippen LogP contribution in [0.25, 0.3) is 10.9 Å². The zero-order chi connectivity index (χ0) is 25.7. The summed E-state index contributed by atoms with van der Waals surface area (Å²) in [5.41, 5.74) is 2.31. The Morgan fingerprint density at radius 3 is 2.72 bits per heavy atom. The van der Waals surface area contributed by atoms with Crippen molar-refractivity contribution in [2.75, 3.05) is 26.7 Å². The van der Waals surface area contributed by atoms with Gasteiger partial charge >= 0.3 is 5.97 Å². The average molecular weight is 509 g/mol. The van der Waals surface area contributed by atoms with E-state index in [9.17, 15) is 14.3 Å². The fourth-order valence-corrected chi connectivity index (χ4v) is 5.07. The number of carbonyl (C=O) groups is 1. The molecule has 1 aromatic heterocycles. The maximum absolute atomic E-state index is 13.7. The van der Waals surface area contributed by atoms with E-state index in [1.54, 1.807) is 26.3 Å². The molecule has 4 rings (SSSR count). The average Bonchev–Trinajstić information content (AvgIpc) is 2.88. The zero-order valence-electron chi connectivity index (χ0n) is 20.6. The van der Waals surface area contributed by atoms with E-state index in [1.165, 1.54) is 6.07 Å². The van der Waals surface area contributed by atoms with Gasteiger partial charge in [0.15, 0.2) is 0 Å². The maximum Gasteiger partial charge on any atom is 0.309 e. The Morgan fingerprint density at radius 2 is 2.03 bits per heavy atom. The van der Waals surface area contributed by atoms with Gasteiger partial charge in [-0.25, -0.2) is 4.39 Å². The topological polar surface area (TPSA) is 62.7 Å². The summed E-state index contributed by atoms with van der Waals surface area (Å²) in [5, 5.41) is 11.6. The number of carboxylic acids is 1. The smallest absolute Gasteiger partial charge is 0.309 e. The van der Waals surface area contributed by atoms with Gasteiger partial charge in [0, 0.05) is 30.2 Å². The van der Waals surface area contributed by atoms with Crippen molar-refractivity contribution in [3.05, 3.63) is 70.1 Å². The lowest BCUT2D eigenvalue weighted by Crippen LogP contribution is -2.44. The van der Waals surface area contributed by atoms with E-state index in [0.29, 0.717) is 67.9 Å². The number of piperidine rings is 1. The first-order valence-electron chi connectivity index (χ1n) is 12.1. The Hall–Kier alpha value is -3.14. The van der Waals surface area contributed by atoms with Gasteiger partial charge in [-0.3, -0.25) is 14.7 Å². The normalized spacial score (nSPS) is 15.3. The van der Waals surface area contributed by atoms with Crippen molar-refractivity contribution in [1.29, 1.82) is 0 Å². The van der Waals surface area contributed by atoms with Crippen molar-refractivity contribution >= 4 is 28.5 Å². The highest BCUT2D eigenvalue weighted by molar-refractivity contribution is 6.32. The fourth-order valence-electron chi connectivity index (χ4n) is 4.82. The molecule has 188 valence electrons. The number of aryl methyl sites for hydroxylation is 2. The van der Waals surface area contributed by atoms with E-state index < -0.39 is 11.4 Å². The van der Waals surface area contributed by atoms with E-state index in [1.807, 2.05) is 24.3 Å². The van der Waals surface area contributed by atoms with Crippen molar-refractivity contribution < 1.29 is 19.0 Å². The Morgan fingerprint density at radius 1 is 1.25 bits per heavy atom. The highest BCUT2D eigenvalue weighted by Crippen LogP contribution is 2.38. The molecule has 1 aliphatic heterocycles. The molecule has 1 aliphatic rings. The first-order valence-corrected chi connectivity index (χ1v) is 12.5. The van der Waals surface area contributed by atoms with E-state index >= 15 is 0 Å². The molecular formula is C29H30ClFN2O3. The molecule has 0 bridgehead atoms. The summed E-state index contributed by atoms with van der Waals surface area (Å²) in [7, 11) is 1.62. The van der Waals surface area contributed by atoms with Crippen LogP contribution in [0.5, 0.6) is 5.75 Å². The molecule has 0 amide bonds. The molecule has 0 atom stereocenters. The maximum atomic E-state index is 13.7. The van der Waals surface area contributed by atoms with Crippen molar-refractivity contribution in [1.82, 2.24) is 9.88 Å². The van der Waals surface area contributed by atoms with E-state index in [0.717, 1.165) is 22.2 Å². The largest absolute Gasteiger partial charge is 0.497 e. The standard InChI is InChI=1S/C29H30ClFN2O3/c1-20-7-8-21(17-26(20)31)5-4-14-33-15-12-29(13-16-33,28(34)35)11-3-6-23-24-18-22(36-2)9-10-27(24)32-19-25(23)30/h7-10,17-19H,3,6,11-16H2,1-2H3,(H,34,35). The molecule has 0 spiro atoms. The molecule has 0 saturated carbocycles. The number of ether oxygens (including phenoxy) is 1. The summed E-state index contributed by atoms with van der Waals surface area (Å²) < 4.78 is 19.1. The van der Waals surface area contributed by atoms with Crippen LogP contribution < -0.4 is 4.74 Å². The van der Waals surface area contributed by atoms with E-state index in [4.69, 9.17) is 16.3 Å². The Labute approximate surface area is 216 Å². The second-order valence-electron chi connectivity index (χ2n) is 9.45. The number of aliphatic carboxylic acids is 1. The molecule has 3 aromatic rings. The fraction of sp³-hybridized carbons (Fsp3) is 0.379. The Balaban J connectivity index is 1.37. The van der Waals surface area contributed by atoms with Gasteiger partial charge in [0.1, 0.15) is 11.6 Å². The molecule has 5 nitrogen and oxygen atoms in total. The lowest BCUT2D eigenvalue weighted by Gasteiger charge is -2.38. The first-order chi connectivity index (χ1) is 17.3. The van der Waals surface area contributed by atoms with Crippen LogP contribution in [0, 0.1) is 30.0 Å². The lowest BCUT2D eigenvalue weighted by atomic mass is 9.74. The monoisotopic (exact) mass is 508 g/mol. The number of carboxylic acid groups (broad SMARTS) is 1. The summed E-state index contributed by atoms with van der Waals surface area (Å²) in [5.74, 6) is 5.85. The number of likely N-dealkylation sites (tertiary alicyclic amines) is 1. The highest BCUT2D eigenvalue weighted by atomic mass is 35.5. The molecule has 1 fully saturated rings. The molecule has 2 aromatic carbocycles. The first kappa shape index (κ1) is 25.9. The van der Waals surface area contributed by atoms with Gasteiger partial charge < -0.3 is 9.84 Å². The van der Waals surface area contributed by atoms with Gasteiger partial charge in [-0.15, -0.1) is 0 Å². The van der Waals surface area contributed by atoms with Crippen LogP contribution in [-0.4, -0.2) is 47.7 Å². The number of hydrogen-bond donors (Lipinski definition) is 1. The minimum atomic E-state index is -0.753. The predicted molar refractivity (Wildman–Crippen MR) is 140 cm³/mol. The summed E-state index contributed by atoms with van der Waals surface area (Å²) in [6.07, 6.45) is 4.75. The van der Waals surface area contributed by atoms with Crippen LogP contribution in [0.15, 0.2) is 42.6 Å². The summed E-state index contributed by atoms with van der Waals surface area (Å²) in [4.78, 5) is 18.9. The zero-order valence-corrected chi connectivity index (χ0v) is 21.4. The number of pyridine rings is 1. The lowest BCUT2D eigenvalue weighted by molar-refractivity contribution is -0.152. The van der Waals surface area contributed by atoms with Gasteiger partial charge in [0.2, 0.25) is 0 Å². The number of aromatic nitrogens is 1. The SMILES string of the molecule is COc1ccc2ncc(Cl)c(CCCC3(C(=O)O)CCN(CC#Cc4ccc(C)c(F)c4)CC3)c2c1. The number of hydrogen-bond acceptors (Lipinski definition) is 4. The minimum absolute atomic E-state index is 0.258. The second-order valence-corrected chi connectivity index (χ2v) is 9.86.